The molecule has 1 aromatic heterocycles. The second-order valence-electron chi connectivity index (χ2n) is 8.32. The lowest BCUT2D eigenvalue weighted by Crippen LogP contribution is -2.38. The van der Waals surface area contributed by atoms with E-state index < -0.39 is 44.7 Å². The first-order valence-corrected chi connectivity index (χ1v) is 12.6. The molecule has 2 aromatic carbocycles. The van der Waals surface area contributed by atoms with E-state index in [0.29, 0.717) is 22.2 Å². The molecule has 188 valence electrons. The van der Waals surface area contributed by atoms with Crippen LogP contribution in [0.2, 0.25) is 0 Å². The predicted molar refractivity (Wildman–Crippen MR) is 122 cm³/mol. The normalized spacial score (nSPS) is 12.6. The predicted octanol–water partition coefficient (Wildman–Crippen LogP) is 5.80. The lowest BCUT2D eigenvalue weighted by atomic mass is 10.1. The average Bonchev–Trinajstić information content (AvgIpc) is 3.07. The van der Waals surface area contributed by atoms with E-state index in [2.05, 4.69) is 4.98 Å². The zero-order chi connectivity index (χ0) is 26.3. The second-order valence-corrected chi connectivity index (χ2v) is 11.4. The van der Waals surface area contributed by atoms with Gasteiger partial charge in [-0.15, -0.1) is 11.3 Å². The lowest BCUT2D eigenvalue weighted by Gasteiger charge is -2.23. The molecule has 0 spiro atoms. The molecule has 0 radical (unpaired) electrons. The van der Waals surface area contributed by atoms with Crippen molar-refractivity contribution in [3.05, 3.63) is 63.9 Å². The molecule has 3 rings (SSSR count). The van der Waals surface area contributed by atoms with Gasteiger partial charge in [-0.25, -0.2) is 22.6 Å². The number of rotatable bonds is 7. The van der Waals surface area contributed by atoms with Crippen LogP contribution in [0.4, 0.5) is 17.6 Å². The standard InChI is InChI=1S/C23H21F4NO5S2/c1-12-9-15(6-8-18(12)33-22(3,4)21(29)30)35(31,32)11-19-13(2)28-20(34-19)16-7-5-14(10-17(16)24)23(25,26)27/h5-10H,11H2,1-4H3,(H,29,30). The Morgan fingerprint density at radius 3 is 2.31 bits per heavy atom. The highest BCUT2D eigenvalue weighted by Crippen LogP contribution is 2.36. The molecule has 6 nitrogen and oxygen atoms in total. The highest BCUT2D eigenvalue weighted by atomic mass is 32.2. The maximum Gasteiger partial charge on any atom is 0.416 e. The fourth-order valence-electron chi connectivity index (χ4n) is 3.05. The van der Waals surface area contributed by atoms with Gasteiger partial charge in [0.2, 0.25) is 0 Å². The van der Waals surface area contributed by atoms with Crippen LogP contribution >= 0.6 is 11.3 Å². The summed E-state index contributed by atoms with van der Waals surface area (Å²) in [6.45, 7) is 5.84. The minimum Gasteiger partial charge on any atom is -0.478 e. The average molecular weight is 532 g/mol. The van der Waals surface area contributed by atoms with Gasteiger partial charge in [0.1, 0.15) is 16.6 Å². The first-order valence-electron chi connectivity index (χ1n) is 10.1. The molecular formula is C23H21F4NO5S2. The molecule has 0 unspecified atom stereocenters. The van der Waals surface area contributed by atoms with Gasteiger partial charge in [-0.2, -0.15) is 13.2 Å². The molecule has 0 aliphatic heterocycles. The number of benzene rings is 2. The molecule has 3 aromatic rings. The van der Waals surface area contributed by atoms with Crippen molar-refractivity contribution in [2.45, 2.75) is 50.1 Å². The fourth-order valence-corrected chi connectivity index (χ4v) is 5.98. The maximum atomic E-state index is 14.4. The summed E-state index contributed by atoms with van der Waals surface area (Å²) in [5.41, 5.74) is -2.09. The number of hydrogen-bond acceptors (Lipinski definition) is 6. The molecule has 1 heterocycles. The van der Waals surface area contributed by atoms with E-state index >= 15 is 0 Å². The van der Waals surface area contributed by atoms with E-state index in [1.54, 1.807) is 6.92 Å². The number of carbonyl (C=O) groups is 1. The molecule has 0 aliphatic carbocycles. The Morgan fingerprint density at radius 1 is 1.11 bits per heavy atom. The van der Waals surface area contributed by atoms with Crippen molar-refractivity contribution in [2.24, 2.45) is 0 Å². The molecule has 0 saturated carbocycles. The summed E-state index contributed by atoms with van der Waals surface area (Å²) in [6.07, 6.45) is -4.69. The number of halogens is 4. The van der Waals surface area contributed by atoms with Crippen molar-refractivity contribution < 1.29 is 40.6 Å². The third-order valence-corrected chi connectivity index (χ3v) is 8.14. The smallest absolute Gasteiger partial charge is 0.416 e. The van der Waals surface area contributed by atoms with Gasteiger partial charge < -0.3 is 9.84 Å². The van der Waals surface area contributed by atoms with Gasteiger partial charge in [0.05, 0.1) is 21.9 Å². The quantitative estimate of drug-likeness (QED) is 0.388. The van der Waals surface area contributed by atoms with Crippen molar-refractivity contribution in [2.75, 3.05) is 0 Å². The van der Waals surface area contributed by atoms with Crippen LogP contribution in [0.15, 0.2) is 41.3 Å². The van der Waals surface area contributed by atoms with Crippen LogP contribution < -0.4 is 4.74 Å². The summed E-state index contributed by atoms with van der Waals surface area (Å²) < 4.78 is 84.3. The molecule has 1 N–H and O–H groups in total. The Balaban J connectivity index is 1.87. The highest BCUT2D eigenvalue weighted by Gasteiger charge is 2.32. The SMILES string of the molecule is Cc1cc(S(=O)(=O)Cc2sc(-c3ccc(C(F)(F)F)cc3F)nc2C)ccc1OC(C)(C)C(=O)O. The van der Waals surface area contributed by atoms with Crippen LogP contribution in [0.25, 0.3) is 10.6 Å². The van der Waals surface area contributed by atoms with E-state index in [9.17, 15) is 35.9 Å². The van der Waals surface area contributed by atoms with Crippen molar-refractivity contribution in [1.29, 1.82) is 0 Å². The third-order valence-electron chi connectivity index (χ3n) is 5.13. The van der Waals surface area contributed by atoms with Gasteiger partial charge >= 0.3 is 12.1 Å². The summed E-state index contributed by atoms with van der Waals surface area (Å²) in [7, 11) is -3.88. The topological polar surface area (TPSA) is 93.6 Å². The molecule has 0 atom stereocenters. The molecule has 0 saturated heterocycles. The Bertz CT molecular complexity index is 1400. The number of ether oxygens (including phenoxy) is 1. The van der Waals surface area contributed by atoms with E-state index in [0.717, 1.165) is 23.5 Å². The molecule has 0 aliphatic rings. The number of nitrogens with zero attached hydrogens (tertiary/aromatic N) is 1. The summed E-state index contributed by atoms with van der Waals surface area (Å²) in [5, 5.41) is 9.28. The Morgan fingerprint density at radius 2 is 1.77 bits per heavy atom. The number of carboxylic acid groups (broad SMARTS) is 1. The number of sulfone groups is 1. The number of aryl methyl sites for hydroxylation is 2. The summed E-state index contributed by atoms with van der Waals surface area (Å²) in [6, 6.07) is 6.10. The molecule has 0 amide bonds. The van der Waals surface area contributed by atoms with Crippen molar-refractivity contribution in [3.63, 3.8) is 0 Å². The summed E-state index contributed by atoms with van der Waals surface area (Å²) in [4.78, 5) is 15.7. The van der Waals surface area contributed by atoms with E-state index in [4.69, 9.17) is 4.74 Å². The van der Waals surface area contributed by atoms with Gasteiger partial charge in [-0.05, 0) is 69.7 Å². The van der Waals surface area contributed by atoms with E-state index in [1.165, 1.54) is 39.0 Å². The van der Waals surface area contributed by atoms with Crippen molar-refractivity contribution in [1.82, 2.24) is 4.98 Å². The fraction of sp³-hybridized carbons (Fsp3) is 0.304. The van der Waals surface area contributed by atoms with Gasteiger partial charge in [0.15, 0.2) is 15.4 Å². The van der Waals surface area contributed by atoms with Crippen LogP contribution in [-0.4, -0.2) is 30.1 Å². The van der Waals surface area contributed by atoms with Crippen LogP contribution in [0.5, 0.6) is 5.75 Å². The summed E-state index contributed by atoms with van der Waals surface area (Å²) in [5.74, 6) is -2.54. The summed E-state index contributed by atoms with van der Waals surface area (Å²) >= 11 is 0.879. The second kappa shape index (κ2) is 9.23. The first kappa shape index (κ1) is 26.6. The minimum absolute atomic E-state index is 0.0365. The minimum atomic E-state index is -4.69. The van der Waals surface area contributed by atoms with Gasteiger partial charge in [-0.3, -0.25) is 0 Å². The highest BCUT2D eigenvalue weighted by molar-refractivity contribution is 7.90. The van der Waals surface area contributed by atoms with Crippen molar-refractivity contribution in [3.8, 4) is 16.3 Å². The monoisotopic (exact) mass is 531 g/mol. The number of carboxylic acids is 1. The maximum absolute atomic E-state index is 14.4. The van der Waals surface area contributed by atoms with Crippen LogP contribution in [0, 0.1) is 19.7 Å². The van der Waals surface area contributed by atoms with Crippen LogP contribution in [0.1, 0.15) is 35.5 Å². The van der Waals surface area contributed by atoms with E-state index in [1.807, 2.05) is 0 Å². The van der Waals surface area contributed by atoms with Gasteiger partial charge in [0, 0.05) is 10.4 Å². The Kier molecular flexibility index (Phi) is 7.02. The number of thiazole rings is 1. The number of aliphatic carboxylic acids is 1. The molecule has 0 fully saturated rings. The molecular weight excluding hydrogens is 510 g/mol. The molecule has 35 heavy (non-hydrogen) atoms. The largest absolute Gasteiger partial charge is 0.478 e. The Labute approximate surface area is 203 Å². The molecule has 12 heteroatoms. The first-order chi connectivity index (χ1) is 16.0. The van der Waals surface area contributed by atoms with E-state index in [-0.39, 0.29) is 21.2 Å². The Hall–Kier alpha value is -2.99. The molecule has 0 bridgehead atoms. The van der Waals surface area contributed by atoms with Crippen LogP contribution in [-0.2, 0) is 26.6 Å². The number of aromatic nitrogens is 1. The van der Waals surface area contributed by atoms with Gasteiger partial charge in [0.25, 0.3) is 0 Å². The third kappa shape index (κ3) is 5.81. The zero-order valence-corrected chi connectivity index (χ0v) is 20.7. The van der Waals surface area contributed by atoms with Crippen molar-refractivity contribution >= 4 is 27.1 Å². The van der Waals surface area contributed by atoms with Crippen LogP contribution in [0.3, 0.4) is 0 Å². The number of hydrogen-bond donors (Lipinski definition) is 1. The lowest BCUT2D eigenvalue weighted by molar-refractivity contribution is -0.152. The zero-order valence-electron chi connectivity index (χ0n) is 19.0. The van der Waals surface area contributed by atoms with Gasteiger partial charge in [-0.1, -0.05) is 0 Å². The number of alkyl halides is 3.